The number of allylic oxidation sites excluding steroid dienone is 7. The van der Waals surface area contributed by atoms with Crippen molar-refractivity contribution in [1.29, 1.82) is 0 Å². The van der Waals surface area contributed by atoms with E-state index in [1.54, 1.807) is 6.08 Å². The lowest BCUT2D eigenvalue weighted by Crippen LogP contribution is -2.65. The van der Waals surface area contributed by atoms with E-state index in [9.17, 15) is 45.6 Å². The van der Waals surface area contributed by atoms with Crippen LogP contribution < -0.4 is 5.32 Å². The first-order chi connectivity index (χ1) is 36.1. The van der Waals surface area contributed by atoms with Crippen LogP contribution in [0.25, 0.3) is 0 Å². The summed E-state index contributed by atoms with van der Waals surface area (Å²) in [5.41, 5.74) is 0. The summed E-state index contributed by atoms with van der Waals surface area (Å²) in [4.78, 5) is 13.2. The molecular formula is C60H109NO13. The second-order valence-electron chi connectivity index (χ2n) is 21.1. The standard InChI is InChI=1S/C60H109NO13/c1-3-5-7-9-11-13-15-17-18-19-20-21-22-23-24-25-26-27-28-29-30-31-32-33-35-37-39-41-43-49(64)48(61-52(65)44-42-40-38-36-34-16-14-12-10-8-6-4-2)47-71-59-57(70)55(68)58(51(46-63)73-59)74-60-56(69)54(67)53(66)50(45-62)72-60/h12,14,29-30,33,35,41,43,48-51,53-60,62-64,66-70H,3-11,13,15-28,31-32,34,36-40,42,44-47H2,1-2H3,(H,61,65)/b14-12-,30-29+,35-33+,43-41+. The maximum Gasteiger partial charge on any atom is 0.220 e. The third kappa shape index (κ3) is 31.4. The fourth-order valence-electron chi connectivity index (χ4n) is 9.61. The molecule has 14 heteroatoms. The molecule has 2 rings (SSSR count). The van der Waals surface area contributed by atoms with Gasteiger partial charge >= 0.3 is 0 Å². The van der Waals surface area contributed by atoms with Gasteiger partial charge in [-0.25, -0.2) is 0 Å². The lowest BCUT2D eigenvalue weighted by molar-refractivity contribution is -0.359. The Labute approximate surface area is 448 Å². The number of hydrogen-bond acceptors (Lipinski definition) is 13. The van der Waals surface area contributed by atoms with Crippen molar-refractivity contribution in [3.8, 4) is 0 Å². The zero-order valence-corrected chi connectivity index (χ0v) is 46.3. The van der Waals surface area contributed by atoms with Gasteiger partial charge in [0, 0.05) is 6.42 Å². The second kappa shape index (κ2) is 45.9. The summed E-state index contributed by atoms with van der Waals surface area (Å²) in [6, 6.07) is -0.942. The first-order valence-electron chi connectivity index (χ1n) is 29.9. The summed E-state index contributed by atoms with van der Waals surface area (Å²) in [6.45, 7) is 2.74. The van der Waals surface area contributed by atoms with E-state index < -0.39 is 86.8 Å². The van der Waals surface area contributed by atoms with Crippen molar-refractivity contribution in [2.24, 2.45) is 0 Å². The van der Waals surface area contributed by atoms with E-state index in [4.69, 9.17) is 18.9 Å². The molecule has 12 unspecified atom stereocenters. The smallest absolute Gasteiger partial charge is 0.220 e. The summed E-state index contributed by atoms with van der Waals surface area (Å²) in [5, 5.41) is 86.9. The van der Waals surface area contributed by atoms with Gasteiger partial charge in [-0.2, -0.15) is 0 Å². The summed E-state index contributed by atoms with van der Waals surface area (Å²) < 4.78 is 22.7. The number of rotatable bonds is 47. The Kier molecular flexibility index (Phi) is 42.2. The number of unbranched alkanes of at least 4 members (excludes halogenated alkanes) is 28. The lowest BCUT2D eigenvalue weighted by Gasteiger charge is -2.46. The highest BCUT2D eigenvalue weighted by atomic mass is 16.7. The molecule has 0 spiro atoms. The van der Waals surface area contributed by atoms with E-state index in [0.717, 1.165) is 64.2 Å². The number of amides is 1. The molecule has 0 aliphatic carbocycles. The molecule has 9 N–H and O–H groups in total. The molecule has 14 nitrogen and oxygen atoms in total. The Morgan fingerprint density at radius 1 is 0.473 bits per heavy atom. The van der Waals surface area contributed by atoms with E-state index in [1.165, 1.54) is 135 Å². The Morgan fingerprint density at radius 2 is 0.865 bits per heavy atom. The highest BCUT2D eigenvalue weighted by Crippen LogP contribution is 2.30. The highest BCUT2D eigenvalue weighted by molar-refractivity contribution is 5.76. The summed E-state index contributed by atoms with van der Waals surface area (Å²) in [7, 11) is 0. The van der Waals surface area contributed by atoms with Crippen LogP contribution in [0.3, 0.4) is 0 Å². The van der Waals surface area contributed by atoms with Crippen molar-refractivity contribution in [2.45, 2.75) is 306 Å². The Balaban J connectivity index is 1.74. The molecule has 1 amide bonds. The maximum absolute atomic E-state index is 13.2. The fraction of sp³-hybridized carbons (Fsp3) is 0.850. The van der Waals surface area contributed by atoms with Gasteiger partial charge in [0.2, 0.25) is 5.91 Å². The summed E-state index contributed by atoms with van der Waals surface area (Å²) >= 11 is 0. The SMILES string of the molecule is CCCCC/C=C\CCCCCCCC(=O)NC(COC1OC(CO)C(OC2OC(CO)C(O)C(O)C2O)C(O)C1O)C(O)/C=C/CC/C=C/CC/C=C/CCCCCCCCCCCCCCCCCCCC. The average molecular weight is 1050 g/mol. The van der Waals surface area contributed by atoms with Crippen molar-refractivity contribution in [3.63, 3.8) is 0 Å². The molecule has 432 valence electrons. The van der Waals surface area contributed by atoms with Crippen LogP contribution in [0.5, 0.6) is 0 Å². The monoisotopic (exact) mass is 1050 g/mol. The van der Waals surface area contributed by atoms with E-state index in [1.807, 2.05) is 6.08 Å². The summed E-state index contributed by atoms with van der Waals surface area (Å²) in [6.07, 6.45) is 40.3. The first-order valence-corrected chi connectivity index (χ1v) is 29.9. The number of nitrogens with one attached hydrogen (secondary N) is 1. The molecule has 0 aromatic rings. The molecule has 2 fully saturated rings. The van der Waals surface area contributed by atoms with Gasteiger partial charge < -0.3 is 65.1 Å². The van der Waals surface area contributed by atoms with Crippen LogP contribution in [0.2, 0.25) is 0 Å². The minimum Gasteiger partial charge on any atom is -0.394 e. The van der Waals surface area contributed by atoms with Crippen LogP contribution in [-0.2, 0) is 23.7 Å². The van der Waals surface area contributed by atoms with Crippen molar-refractivity contribution in [3.05, 3.63) is 48.6 Å². The van der Waals surface area contributed by atoms with Gasteiger partial charge in [-0.05, 0) is 70.6 Å². The molecular weight excluding hydrogens is 943 g/mol. The number of aliphatic hydroxyl groups is 8. The molecule has 2 saturated heterocycles. The quantitative estimate of drug-likeness (QED) is 0.0205. The van der Waals surface area contributed by atoms with Crippen LogP contribution in [0, 0.1) is 0 Å². The van der Waals surface area contributed by atoms with E-state index in [2.05, 4.69) is 55.6 Å². The van der Waals surface area contributed by atoms with Gasteiger partial charge in [0.25, 0.3) is 0 Å². The van der Waals surface area contributed by atoms with Crippen LogP contribution in [0.1, 0.15) is 232 Å². The highest BCUT2D eigenvalue weighted by Gasteiger charge is 2.51. The molecule has 2 aliphatic heterocycles. The Hall–Kier alpha value is -2.05. The lowest BCUT2D eigenvalue weighted by atomic mass is 9.97. The van der Waals surface area contributed by atoms with E-state index in [-0.39, 0.29) is 18.9 Å². The topological polar surface area (TPSA) is 228 Å². The van der Waals surface area contributed by atoms with Gasteiger partial charge in [0.1, 0.15) is 48.8 Å². The van der Waals surface area contributed by atoms with E-state index >= 15 is 0 Å². The van der Waals surface area contributed by atoms with E-state index in [0.29, 0.717) is 12.8 Å². The molecule has 0 aromatic carbocycles. The molecule has 12 atom stereocenters. The zero-order valence-electron chi connectivity index (χ0n) is 46.3. The number of hydrogen-bond donors (Lipinski definition) is 9. The minimum atomic E-state index is -1.79. The van der Waals surface area contributed by atoms with Crippen LogP contribution in [0.15, 0.2) is 48.6 Å². The molecule has 0 saturated carbocycles. The van der Waals surface area contributed by atoms with Gasteiger partial charge in [-0.3, -0.25) is 4.79 Å². The average Bonchev–Trinajstić information content (AvgIpc) is 3.40. The zero-order chi connectivity index (χ0) is 53.9. The molecule has 0 bridgehead atoms. The van der Waals surface area contributed by atoms with Gasteiger partial charge in [0.05, 0.1) is 32.0 Å². The van der Waals surface area contributed by atoms with Crippen LogP contribution in [0.4, 0.5) is 0 Å². The third-order valence-electron chi connectivity index (χ3n) is 14.5. The normalized spacial score (nSPS) is 25.5. The minimum absolute atomic E-state index is 0.259. The third-order valence-corrected chi connectivity index (χ3v) is 14.5. The molecule has 0 radical (unpaired) electrons. The molecule has 0 aromatic heterocycles. The molecule has 74 heavy (non-hydrogen) atoms. The van der Waals surface area contributed by atoms with Gasteiger partial charge in [-0.1, -0.05) is 204 Å². The van der Waals surface area contributed by atoms with Crippen molar-refractivity contribution in [2.75, 3.05) is 19.8 Å². The fourth-order valence-corrected chi connectivity index (χ4v) is 9.61. The number of ether oxygens (including phenoxy) is 4. The predicted octanol–water partition coefficient (Wildman–Crippen LogP) is 10.0. The van der Waals surface area contributed by atoms with Crippen LogP contribution >= 0.6 is 0 Å². The van der Waals surface area contributed by atoms with Gasteiger partial charge in [0.15, 0.2) is 12.6 Å². The maximum atomic E-state index is 13.2. The van der Waals surface area contributed by atoms with Crippen molar-refractivity contribution >= 4 is 5.91 Å². The van der Waals surface area contributed by atoms with Crippen molar-refractivity contribution < 1.29 is 64.6 Å². The summed E-state index contributed by atoms with van der Waals surface area (Å²) in [5.74, 6) is -0.264. The van der Waals surface area contributed by atoms with Crippen molar-refractivity contribution in [1.82, 2.24) is 5.32 Å². The Morgan fingerprint density at radius 3 is 1.35 bits per heavy atom. The predicted molar refractivity (Wildman–Crippen MR) is 295 cm³/mol. The van der Waals surface area contributed by atoms with Crippen LogP contribution in [-0.4, -0.2) is 140 Å². The second-order valence-corrected chi connectivity index (χ2v) is 21.1. The Bertz CT molecular complexity index is 1430. The number of aliphatic hydroxyl groups excluding tert-OH is 8. The number of carbonyl (C=O) groups is 1. The molecule has 2 heterocycles. The number of carbonyl (C=O) groups excluding carboxylic acids is 1. The molecule has 2 aliphatic rings. The largest absolute Gasteiger partial charge is 0.394 e. The van der Waals surface area contributed by atoms with Gasteiger partial charge in [-0.15, -0.1) is 0 Å². The first kappa shape index (κ1) is 68.1.